The van der Waals surface area contributed by atoms with Gasteiger partial charge in [-0.2, -0.15) is 0 Å². The van der Waals surface area contributed by atoms with E-state index >= 15 is 0 Å². The van der Waals surface area contributed by atoms with E-state index in [-0.39, 0.29) is 0 Å². The molecule has 1 heteroatoms. The van der Waals surface area contributed by atoms with E-state index in [2.05, 4.69) is 43.4 Å². The average Bonchev–Trinajstić information content (AvgIpc) is 3.06. The van der Waals surface area contributed by atoms with Crippen LogP contribution in [0.1, 0.15) is 50.2 Å². The Morgan fingerprint density at radius 1 is 1.25 bits per heavy atom. The second-order valence-electron chi connectivity index (χ2n) is 7.09. The summed E-state index contributed by atoms with van der Waals surface area (Å²) in [6.45, 7) is 5.65. The molecule has 20 heavy (non-hydrogen) atoms. The van der Waals surface area contributed by atoms with Gasteiger partial charge in [-0.3, -0.25) is 0 Å². The Morgan fingerprint density at radius 2 is 2.15 bits per heavy atom. The molecule has 1 nitrogen and oxygen atoms in total. The number of nitrogens with one attached hydrogen (secondary N) is 1. The lowest BCUT2D eigenvalue weighted by Gasteiger charge is -2.31. The van der Waals surface area contributed by atoms with Crippen LogP contribution in [0.2, 0.25) is 0 Å². The third kappa shape index (κ3) is 3.09. The summed E-state index contributed by atoms with van der Waals surface area (Å²) in [6, 6.07) is 9.79. The number of rotatable bonds is 6. The van der Waals surface area contributed by atoms with Crippen molar-refractivity contribution in [1.82, 2.24) is 5.32 Å². The summed E-state index contributed by atoms with van der Waals surface area (Å²) < 4.78 is 0. The number of hydrogen-bond donors (Lipinski definition) is 1. The minimum Gasteiger partial charge on any atom is -0.313 e. The lowest BCUT2D eigenvalue weighted by Crippen LogP contribution is -2.40. The van der Waals surface area contributed by atoms with Gasteiger partial charge in [0.25, 0.3) is 0 Å². The molecular weight excluding hydrogens is 242 g/mol. The molecular formula is C19H29N. The topological polar surface area (TPSA) is 12.0 Å². The highest BCUT2D eigenvalue weighted by Crippen LogP contribution is 2.49. The summed E-state index contributed by atoms with van der Waals surface area (Å²) in [5.74, 6) is 2.99. The van der Waals surface area contributed by atoms with Gasteiger partial charge in [0.2, 0.25) is 0 Å². The SMILES string of the molecule is CCCNC(Cc1cccc(C)c1)C1CC2CCC1C2. The van der Waals surface area contributed by atoms with E-state index < -0.39 is 0 Å². The Labute approximate surface area is 124 Å². The van der Waals surface area contributed by atoms with E-state index in [1.165, 1.54) is 56.2 Å². The highest BCUT2D eigenvalue weighted by atomic mass is 14.9. The molecule has 2 saturated carbocycles. The molecule has 3 rings (SSSR count). The number of aryl methyl sites for hydroxylation is 1. The summed E-state index contributed by atoms with van der Waals surface area (Å²) >= 11 is 0. The first-order valence-electron chi connectivity index (χ1n) is 8.55. The van der Waals surface area contributed by atoms with E-state index in [0.29, 0.717) is 6.04 Å². The number of fused-ring (bicyclic) bond motifs is 2. The molecule has 110 valence electrons. The molecule has 0 saturated heterocycles. The van der Waals surface area contributed by atoms with Gasteiger partial charge in [0.05, 0.1) is 0 Å². The quantitative estimate of drug-likeness (QED) is 0.811. The second-order valence-corrected chi connectivity index (χ2v) is 7.09. The van der Waals surface area contributed by atoms with E-state index in [9.17, 15) is 0 Å². The van der Waals surface area contributed by atoms with E-state index in [1.54, 1.807) is 0 Å². The van der Waals surface area contributed by atoms with Crippen LogP contribution >= 0.6 is 0 Å². The predicted octanol–water partition coefficient (Wildman–Crippen LogP) is 4.34. The highest BCUT2D eigenvalue weighted by Gasteiger charge is 2.42. The average molecular weight is 271 g/mol. The van der Waals surface area contributed by atoms with Crippen LogP contribution < -0.4 is 5.32 Å². The Balaban J connectivity index is 1.69. The Kier molecular flexibility index (Phi) is 4.45. The number of hydrogen-bond acceptors (Lipinski definition) is 1. The van der Waals surface area contributed by atoms with Gasteiger partial charge < -0.3 is 5.32 Å². The van der Waals surface area contributed by atoms with Crippen molar-refractivity contribution in [2.45, 2.75) is 58.4 Å². The maximum Gasteiger partial charge on any atom is 0.0138 e. The van der Waals surface area contributed by atoms with Gasteiger partial charge >= 0.3 is 0 Å². The van der Waals surface area contributed by atoms with Crippen LogP contribution in [0, 0.1) is 24.7 Å². The first-order chi connectivity index (χ1) is 9.76. The lowest BCUT2D eigenvalue weighted by molar-refractivity contribution is 0.247. The third-order valence-electron chi connectivity index (χ3n) is 5.50. The molecule has 1 aromatic carbocycles. The van der Waals surface area contributed by atoms with Crippen molar-refractivity contribution in [3.8, 4) is 0 Å². The first kappa shape index (κ1) is 14.1. The Hall–Kier alpha value is -0.820. The summed E-state index contributed by atoms with van der Waals surface area (Å²) in [5.41, 5.74) is 2.91. The molecule has 4 atom stereocenters. The molecule has 0 heterocycles. The molecule has 0 aromatic heterocycles. The van der Waals surface area contributed by atoms with Gasteiger partial charge in [0.15, 0.2) is 0 Å². The first-order valence-corrected chi connectivity index (χ1v) is 8.55. The highest BCUT2D eigenvalue weighted by molar-refractivity contribution is 5.23. The van der Waals surface area contributed by atoms with Crippen LogP contribution in [0.5, 0.6) is 0 Å². The minimum absolute atomic E-state index is 0.701. The van der Waals surface area contributed by atoms with Gasteiger partial charge in [0, 0.05) is 6.04 Å². The van der Waals surface area contributed by atoms with Crippen LogP contribution in [0.3, 0.4) is 0 Å². The van der Waals surface area contributed by atoms with Gasteiger partial charge in [-0.25, -0.2) is 0 Å². The fourth-order valence-corrected chi connectivity index (χ4v) is 4.58. The normalized spacial score (nSPS) is 29.8. The molecule has 1 aromatic rings. The van der Waals surface area contributed by atoms with Crippen LogP contribution in [0.15, 0.2) is 24.3 Å². The van der Waals surface area contributed by atoms with Crippen LogP contribution in [-0.4, -0.2) is 12.6 Å². The minimum atomic E-state index is 0.701. The van der Waals surface area contributed by atoms with Crippen molar-refractivity contribution < 1.29 is 0 Å². The molecule has 2 bridgehead atoms. The lowest BCUT2D eigenvalue weighted by atomic mass is 9.81. The van der Waals surface area contributed by atoms with Gasteiger partial charge in [-0.1, -0.05) is 43.2 Å². The second kappa shape index (κ2) is 6.30. The number of benzene rings is 1. The summed E-state index contributed by atoms with van der Waals surface area (Å²) in [4.78, 5) is 0. The monoisotopic (exact) mass is 271 g/mol. The van der Waals surface area contributed by atoms with Crippen LogP contribution in [0.25, 0.3) is 0 Å². The van der Waals surface area contributed by atoms with Gasteiger partial charge in [0.1, 0.15) is 0 Å². The summed E-state index contributed by atoms with van der Waals surface area (Å²) in [7, 11) is 0. The van der Waals surface area contributed by atoms with Crippen molar-refractivity contribution in [2.24, 2.45) is 17.8 Å². The Morgan fingerprint density at radius 3 is 2.80 bits per heavy atom. The van der Waals surface area contributed by atoms with E-state index in [4.69, 9.17) is 0 Å². The van der Waals surface area contributed by atoms with Crippen molar-refractivity contribution in [2.75, 3.05) is 6.54 Å². The zero-order valence-electron chi connectivity index (χ0n) is 13.1. The molecule has 2 fully saturated rings. The molecule has 0 spiro atoms. The van der Waals surface area contributed by atoms with Crippen molar-refractivity contribution in [3.63, 3.8) is 0 Å². The largest absolute Gasteiger partial charge is 0.313 e. The van der Waals surface area contributed by atoms with Crippen molar-refractivity contribution >= 4 is 0 Å². The van der Waals surface area contributed by atoms with Gasteiger partial charge in [-0.05, 0) is 68.9 Å². The molecule has 0 radical (unpaired) electrons. The molecule has 0 amide bonds. The maximum absolute atomic E-state index is 3.86. The zero-order valence-corrected chi connectivity index (χ0v) is 13.1. The molecule has 0 aliphatic heterocycles. The summed E-state index contributed by atoms with van der Waals surface area (Å²) in [6.07, 6.45) is 8.46. The fraction of sp³-hybridized carbons (Fsp3) is 0.684. The maximum atomic E-state index is 3.86. The van der Waals surface area contributed by atoms with E-state index in [1.807, 2.05) is 0 Å². The zero-order chi connectivity index (χ0) is 13.9. The Bertz CT molecular complexity index is 439. The third-order valence-corrected chi connectivity index (χ3v) is 5.50. The van der Waals surface area contributed by atoms with Crippen molar-refractivity contribution in [1.29, 1.82) is 0 Å². The summed E-state index contributed by atoms with van der Waals surface area (Å²) in [5, 5.41) is 3.86. The van der Waals surface area contributed by atoms with Crippen molar-refractivity contribution in [3.05, 3.63) is 35.4 Å². The standard InChI is InChI=1S/C19H29N/c1-3-9-20-19(13-15-6-4-5-14(2)10-15)18-12-16-7-8-17(18)11-16/h4-6,10,16-20H,3,7-9,11-13H2,1-2H3. The molecule has 2 aliphatic carbocycles. The molecule has 2 aliphatic rings. The molecule has 1 N–H and O–H groups in total. The smallest absolute Gasteiger partial charge is 0.0138 e. The van der Waals surface area contributed by atoms with Gasteiger partial charge in [-0.15, -0.1) is 0 Å². The fourth-order valence-electron chi connectivity index (χ4n) is 4.58. The predicted molar refractivity (Wildman–Crippen MR) is 85.9 cm³/mol. The van der Waals surface area contributed by atoms with Crippen LogP contribution in [0.4, 0.5) is 0 Å². The van der Waals surface area contributed by atoms with Crippen LogP contribution in [-0.2, 0) is 6.42 Å². The van der Waals surface area contributed by atoms with E-state index in [0.717, 1.165) is 17.8 Å². The molecule has 4 unspecified atom stereocenters.